The molecule has 35 heavy (non-hydrogen) atoms. The molecule has 0 radical (unpaired) electrons. The predicted molar refractivity (Wildman–Crippen MR) is 134 cm³/mol. The molecule has 1 atom stereocenters. The quantitative estimate of drug-likeness (QED) is 0.313. The van der Waals surface area contributed by atoms with Crippen LogP contribution in [0, 0.1) is 6.92 Å². The van der Waals surface area contributed by atoms with E-state index in [2.05, 4.69) is 4.90 Å². The third kappa shape index (κ3) is 5.12. The van der Waals surface area contributed by atoms with Gasteiger partial charge in [-0.3, -0.25) is 9.59 Å². The molecule has 1 amide bonds. The van der Waals surface area contributed by atoms with E-state index in [1.807, 2.05) is 20.8 Å². The maximum Gasteiger partial charge on any atom is 0.295 e. The normalized spacial score (nSPS) is 17.2. The lowest BCUT2D eigenvalue weighted by Gasteiger charge is -2.29. The van der Waals surface area contributed by atoms with Crippen molar-refractivity contribution in [2.75, 3.05) is 47.5 Å². The van der Waals surface area contributed by atoms with Gasteiger partial charge in [-0.15, -0.1) is 0 Å². The van der Waals surface area contributed by atoms with Crippen molar-refractivity contribution in [2.24, 2.45) is 0 Å². The minimum absolute atomic E-state index is 0.0191. The van der Waals surface area contributed by atoms with Crippen molar-refractivity contribution in [1.82, 2.24) is 9.80 Å². The third-order valence-electron chi connectivity index (χ3n) is 6.49. The molecule has 1 heterocycles. The largest absolute Gasteiger partial charge is 0.507 e. The van der Waals surface area contributed by atoms with Crippen molar-refractivity contribution < 1.29 is 28.9 Å². The summed E-state index contributed by atoms with van der Waals surface area (Å²) in [6.45, 7) is 8.48. The first-order chi connectivity index (χ1) is 16.8. The van der Waals surface area contributed by atoms with Crippen LogP contribution in [0.25, 0.3) is 5.76 Å². The Bertz CT molecular complexity index is 1120. The number of hydrogen-bond acceptors (Lipinski definition) is 7. The van der Waals surface area contributed by atoms with Gasteiger partial charge in [0.1, 0.15) is 23.0 Å². The highest BCUT2D eigenvalue weighted by atomic mass is 16.5. The van der Waals surface area contributed by atoms with Crippen LogP contribution in [0.15, 0.2) is 42.0 Å². The van der Waals surface area contributed by atoms with E-state index in [1.165, 1.54) is 12.0 Å². The van der Waals surface area contributed by atoms with E-state index < -0.39 is 17.7 Å². The van der Waals surface area contributed by atoms with Crippen molar-refractivity contribution >= 4 is 17.4 Å². The van der Waals surface area contributed by atoms with Gasteiger partial charge in [0.15, 0.2) is 0 Å². The van der Waals surface area contributed by atoms with E-state index in [0.717, 1.165) is 18.7 Å². The molecule has 0 saturated carbocycles. The van der Waals surface area contributed by atoms with Crippen LogP contribution >= 0.6 is 0 Å². The van der Waals surface area contributed by atoms with E-state index in [-0.39, 0.29) is 11.3 Å². The highest BCUT2D eigenvalue weighted by Gasteiger charge is 2.47. The summed E-state index contributed by atoms with van der Waals surface area (Å²) < 4.78 is 16.3. The van der Waals surface area contributed by atoms with Gasteiger partial charge in [-0.25, -0.2) is 0 Å². The van der Waals surface area contributed by atoms with Gasteiger partial charge in [0.2, 0.25) is 0 Å². The molecule has 3 rings (SSSR count). The molecule has 8 nitrogen and oxygen atoms in total. The predicted octanol–water partition coefficient (Wildman–Crippen LogP) is 3.78. The number of Topliss-reactive ketones (excluding diaryl/α,β-unsaturated/α-hetero) is 1. The minimum Gasteiger partial charge on any atom is -0.507 e. The standard InChI is InChI=1S/C27H34N2O6/c1-7-28(8-2)13-14-29-24(20-16-19(33-4)10-12-22(20)35-6)23(26(31)27(29)32)25(30)18-9-11-21(34-5)17(3)15-18/h9-12,15-16,24,30H,7-8,13-14H2,1-6H3/t24-/m0/s1. The molecular weight excluding hydrogens is 448 g/mol. The molecule has 1 saturated heterocycles. The van der Waals surface area contributed by atoms with E-state index in [1.54, 1.807) is 50.6 Å². The highest BCUT2D eigenvalue weighted by Crippen LogP contribution is 2.44. The Balaban J connectivity index is 2.21. The topological polar surface area (TPSA) is 88.5 Å². The number of aliphatic hydroxyl groups excluding tert-OH is 1. The molecule has 2 aromatic rings. The SMILES string of the molecule is CCN(CC)CCN1C(=O)C(=O)C(=C(O)c2ccc(OC)c(C)c2)[C@@H]1c1cc(OC)ccc1OC. The summed E-state index contributed by atoms with van der Waals surface area (Å²) in [5.74, 6) is 0.0727. The molecule has 1 fully saturated rings. The number of hydrogen-bond donors (Lipinski definition) is 1. The van der Waals surface area contributed by atoms with Crippen molar-refractivity contribution in [3.8, 4) is 17.2 Å². The maximum atomic E-state index is 13.3. The zero-order valence-corrected chi connectivity index (χ0v) is 21.3. The second-order valence-corrected chi connectivity index (χ2v) is 8.31. The number of aliphatic hydroxyl groups is 1. The molecule has 188 valence electrons. The fourth-order valence-corrected chi connectivity index (χ4v) is 4.46. The molecule has 8 heteroatoms. The van der Waals surface area contributed by atoms with Gasteiger partial charge in [0.05, 0.1) is 32.9 Å². The van der Waals surface area contributed by atoms with Crippen molar-refractivity contribution in [3.63, 3.8) is 0 Å². The van der Waals surface area contributed by atoms with Crippen molar-refractivity contribution in [2.45, 2.75) is 26.8 Å². The molecule has 0 spiro atoms. The van der Waals surface area contributed by atoms with Gasteiger partial charge >= 0.3 is 0 Å². The minimum atomic E-state index is -0.835. The van der Waals surface area contributed by atoms with Gasteiger partial charge < -0.3 is 29.1 Å². The molecule has 2 aromatic carbocycles. The Morgan fingerprint density at radius 2 is 1.63 bits per heavy atom. The fourth-order valence-electron chi connectivity index (χ4n) is 4.46. The number of carbonyl (C=O) groups excluding carboxylic acids is 2. The second kappa shape index (κ2) is 11.3. The Labute approximate surface area is 206 Å². The first-order valence-electron chi connectivity index (χ1n) is 11.7. The van der Waals surface area contributed by atoms with E-state index in [0.29, 0.717) is 41.5 Å². The van der Waals surface area contributed by atoms with Crippen LogP contribution in [-0.2, 0) is 9.59 Å². The number of rotatable bonds is 10. The zero-order valence-electron chi connectivity index (χ0n) is 21.3. The summed E-state index contributed by atoms with van der Waals surface area (Å²) in [4.78, 5) is 30.3. The van der Waals surface area contributed by atoms with Gasteiger partial charge in [0.25, 0.3) is 11.7 Å². The molecule has 0 aromatic heterocycles. The van der Waals surface area contributed by atoms with Crippen LogP contribution in [0.3, 0.4) is 0 Å². The number of benzene rings is 2. The van der Waals surface area contributed by atoms with E-state index in [9.17, 15) is 14.7 Å². The van der Waals surface area contributed by atoms with Crippen molar-refractivity contribution in [3.05, 3.63) is 58.7 Å². The Morgan fingerprint density at radius 1 is 0.971 bits per heavy atom. The molecule has 1 aliphatic heterocycles. The molecule has 1 aliphatic rings. The average Bonchev–Trinajstić information content (AvgIpc) is 3.13. The summed E-state index contributed by atoms with van der Waals surface area (Å²) in [7, 11) is 4.64. The first kappa shape index (κ1) is 26.1. The smallest absolute Gasteiger partial charge is 0.295 e. The fraction of sp³-hybridized carbons (Fsp3) is 0.407. The van der Waals surface area contributed by atoms with Gasteiger partial charge in [-0.2, -0.15) is 0 Å². The Kier molecular flexibility index (Phi) is 8.40. The number of ether oxygens (including phenoxy) is 3. The lowest BCUT2D eigenvalue weighted by molar-refractivity contribution is -0.140. The van der Waals surface area contributed by atoms with E-state index in [4.69, 9.17) is 14.2 Å². The zero-order chi connectivity index (χ0) is 25.7. The highest BCUT2D eigenvalue weighted by molar-refractivity contribution is 6.46. The van der Waals surface area contributed by atoms with Crippen LogP contribution in [0.4, 0.5) is 0 Å². The first-order valence-corrected chi connectivity index (χ1v) is 11.7. The summed E-state index contributed by atoms with van der Waals surface area (Å²) in [5, 5.41) is 11.4. The van der Waals surface area contributed by atoms with Crippen LogP contribution in [0.1, 0.15) is 36.6 Å². The molecule has 1 N–H and O–H groups in total. The van der Waals surface area contributed by atoms with Crippen LogP contribution in [0.2, 0.25) is 0 Å². The lowest BCUT2D eigenvalue weighted by Crippen LogP contribution is -2.38. The number of methoxy groups -OCH3 is 3. The third-order valence-corrected chi connectivity index (χ3v) is 6.49. The molecule has 0 bridgehead atoms. The number of aryl methyl sites for hydroxylation is 1. The number of nitrogens with zero attached hydrogens (tertiary/aromatic N) is 2. The molecular formula is C27H34N2O6. The average molecular weight is 483 g/mol. The van der Waals surface area contributed by atoms with Crippen LogP contribution in [-0.4, -0.2) is 74.1 Å². The molecule has 0 aliphatic carbocycles. The Morgan fingerprint density at radius 3 is 2.20 bits per heavy atom. The van der Waals surface area contributed by atoms with Crippen LogP contribution < -0.4 is 14.2 Å². The lowest BCUT2D eigenvalue weighted by atomic mass is 9.94. The summed E-state index contributed by atoms with van der Waals surface area (Å²) in [5.41, 5.74) is 1.81. The number of carbonyl (C=O) groups is 2. The van der Waals surface area contributed by atoms with Crippen molar-refractivity contribution in [1.29, 1.82) is 0 Å². The summed E-state index contributed by atoms with van der Waals surface area (Å²) in [6, 6.07) is 9.52. The monoisotopic (exact) mass is 482 g/mol. The number of likely N-dealkylation sites (N-methyl/N-ethyl adjacent to an activating group) is 1. The summed E-state index contributed by atoms with van der Waals surface area (Å²) in [6.07, 6.45) is 0. The van der Waals surface area contributed by atoms with Gasteiger partial charge in [-0.05, 0) is 62.0 Å². The number of amides is 1. The van der Waals surface area contributed by atoms with Crippen LogP contribution in [0.5, 0.6) is 17.2 Å². The number of ketones is 1. The Hall–Kier alpha value is -3.52. The maximum absolute atomic E-state index is 13.3. The summed E-state index contributed by atoms with van der Waals surface area (Å²) >= 11 is 0. The second-order valence-electron chi connectivity index (χ2n) is 8.31. The van der Waals surface area contributed by atoms with Gasteiger partial charge in [0, 0.05) is 24.2 Å². The van der Waals surface area contributed by atoms with E-state index >= 15 is 0 Å². The number of likely N-dealkylation sites (tertiary alicyclic amines) is 1. The molecule has 0 unspecified atom stereocenters. The van der Waals surface area contributed by atoms with Gasteiger partial charge in [-0.1, -0.05) is 13.8 Å².